The molecule has 0 saturated carbocycles. The normalized spacial score (nSPS) is 20.0. The molecule has 2 saturated heterocycles. The smallest absolute Gasteiger partial charge is 0.134 e. The highest BCUT2D eigenvalue weighted by Gasteiger charge is 2.20. The number of hydrogen-bond donors (Lipinski definition) is 0. The number of anilines is 2. The van der Waals surface area contributed by atoms with E-state index in [4.69, 9.17) is 0 Å². The van der Waals surface area contributed by atoms with E-state index in [1.165, 1.54) is 12.8 Å². The van der Waals surface area contributed by atoms with E-state index in [1.807, 2.05) is 0 Å². The molecule has 2 fully saturated rings. The van der Waals surface area contributed by atoms with Gasteiger partial charge in [-0.3, -0.25) is 4.90 Å². The van der Waals surface area contributed by atoms with Gasteiger partial charge >= 0.3 is 0 Å². The predicted molar refractivity (Wildman–Crippen MR) is 90.2 cm³/mol. The zero-order chi connectivity index (χ0) is 14.7. The van der Waals surface area contributed by atoms with Gasteiger partial charge in [0.25, 0.3) is 0 Å². The van der Waals surface area contributed by atoms with Crippen LogP contribution >= 0.6 is 15.9 Å². The SMILES string of the molecule is C=C(Br)CN1CCN(c2cc(N3CCCC3)ncn2)CC1. The maximum Gasteiger partial charge on any atom is 0.134 e. The van der Waals surface area contributed by atoms with E-state index in [0.717, 1.165) is 61.9 Å². The van der Waals surface area contributed by atoms with E-state index in [2.05, 4.69) is 53.2 Å². The standard InChI is InChI=1S/C15H22BrN5/c1-13(16)11-19-6-8-21(9-7-19)15-10-14(17-12-18-15)20-4-2-3-5-20/h10,12H,1-9,11H2. The lowest BCUT2D eigenvalue weighted by Crippen LogP contribution is -2.47. The van der Waals surface area contributed by atoms with Crippen molar-refractivity contribution in [2.24, 2.45) is 0 Å². The Morgan fingerprint density at radius 3 is 2.14 bits per heavy atom. The summed E-state index contributed by atoms with van der Waals surface area (Å²) < 4.78 is 1.05. The first-order valence-electron chi connectivity index (χ1n) is 7.60. The molecule has 0 radical (unpaired) electrons. The molecule has 0 aliphatic carbocycles. The molecule has 5 nitrogen and oxygen atoms in total. The van der Waals surface area contributed by atoms with Crippen molar-refractivity contribution < 1.29 is 0 Å². The van der Waals surface area contributed by atoms with Crippen molar-refractivity contribution in [1.29, 1.82) is 0 Å². The second kappa shape index (κ2) is 6.75. The number of aromatic nitrogens is 2. The van der Waals surface area contributed by atoms with Crippen molar-refractivity contribution >= 4 is 27.6 Å². The van der Waals surface area contributed by atoms with Gasteiger partial charge in [0.1, 0.15) is 18.0 Å². The third-order valence-corrected chi connectivity index (χ3v) is 4.41. The number of piperazine rings is 1. The Balaban J connectivity index is 1.62. The summed E-state index contributed by atoms with van der Waals surface area (Å²) in [6, 6.07) is 2.14. The van der Waals surface area contributed by atoms with Crippen LogP contribution in [0.4, 0.5) is 11.6 Å². The fourth-order valence-corrected chi connectivity index (χ4v) is 3.36. The lowest BCUT2D eigenvalue weighted by molar-refractivity contribution is 0.282. The van der Waals surface area contributed by atoms with Gasteiger partial charge in [-0.25, -0.2) is 9.97 Å². The maximum atomic E-state index is 4.46. The van der Waals surface area contributed by atoms with Crippen LogP contribution in [0.5, 0.6) is 0 Å². The average Bonchev–Trinajstić information content (AvgIpc) is 3.02. The van der Waals surface area contributed by atoms with Gasteiger partial charge in [0.2, 0.25) is 0 Å². The van der Waals surface area contributed by atoms with Gasteiger partial charge in [-0.05, 0) is 12.8 Å². The summed E-state index contributed by atoms with van der Waals surface area (Å²) >= 11 is 3.44. The molecular formula is C15H22BrN5. The van der Waals surface area contributed by atoms with E-state index < -0.39 is 0 Å². The van der Waals surface area contributed by atoms with Crippen LogP contribution in [0.2, 0.25) is 0 Å². The molecule has 6 heteroatoms. The van der Waals surface area contributed by atoms with Gasteiger partial charge in [0.15, 0.2) is 0 Å². The number of nitrogens with zero attached hydrogens (tertiary/aromatic N) is 5. The van der Waals surface area contributed by atoms with Gasteiger partial charge in [0, 0.05) is 56.4 Å². The quantitative estimate of drug-likeness (QED) is 0.830. The summed E-state index contributed by atoms with van der Waals surface area (Å²) in [6.07, 6.45) is 4.25. The maximum absolute atomic E-state index is 4.46. The molecule has 3 heterocycles. The molecule has 0 atom stereocenters. The summed E-state index contributed by atoms with van der Waals surface area (Å²) in [5, 5.41) is 0. The van der Waals surface area contributed by atoms with Crippen LogP contribution in [-0.4, -0.2) is 60.7 Å². The van der Waals surface area contributed by atoms with Crippen LogP contribution in [0.15, 0.2) is 23.5 Å². The zero-order valence-corrected chi connectivity index (χ0v) is 13.9. The summed E-state index contributed by atoms with van der Waals surface area (Å²) in [7, 11) is 0. The Bertz CT molecular complexity index is 493. The van der Waals surface area contributed by atoms with Crippen LogP contribution in [-0.2, 0) is 0 Å². The lowest BCUT2D eigenvalue weighted by Gasteiger charge is -2.35. The topological polar surface area (TPSA) is 35.5 Å². The summed E-state index contributed by atoms with van der Waals surface area (Å²) in [5.41, 5.74) is 0. The van der Waals surface area contributed by atoms with Crippen LogP contribution in [0.25, 0.3) is 0 Å². The first kappa shape index (κ1) is 14.8. The number of hydrogen-bond acceptors (Lipinski definition) is 5. The van der Waals surface area contributed by atoms with Crippen molar-refractivity contribution in [3.63, 3.8) is 0 Å². The van der Waals surface area contributed by atoms with E-state index in [0.29, 0.717) is 0 Å². The van der Waals surface area contributed by atoms with Gasteiger partial charge in [0.05, 0.1) is 0 Å². The Kier molecular flexibility index (Phi) is 4.75. The van der Waals surface area contributed by atoms with E-state index in [-0.39, 0.29) is 0 Å². The molecule has 1 aromatic rings. The second-order valence-electron chi connectivity index (χ2n) is 5.71. The molecule has 0 amide bonds. The number of rotatable bonds is 4. The van der Waals surface area contributed by atoms with Crippen LogP contribution in [0.1, 0.15) is 12.8 Å². The van der Waals surface area contributed by atoms with Crippen LogP contribution in [0.3, 0.4) is 0 Å². The van der Waals surface area contributed by atoms with E-state index >= 15 is 0 Å². The third-order valence-electron chi connectivity index (χ3n) is 4.16. The largest absolute Gasteiger partial charge is 0.356 e. The fourth-order valence-electron chi connectivity index (χ4n) is 3.01. The third kappa shape index (κ3) is 3.74. The molecule has 114 valence electrons. The summed E-state index contributed by atoms with van der Waals surface area (Å²) in [4.78, 5) is 16.0. The number of halogens is 1. The lowest BCUT2D eigenvalue weighted by atomic mass is 10.3. The zero-order valence-electron chi connectivity index (χ0n) is 12.3. The Hall–Kier alpha value is -1.14. The Labute approximate surface area is 134 Å². The highest BCUT2D eigenvalue weighted by molar-refractivity contribution is 9.11. The van der Waals surface area contributed by atoms with Crippen molar-refractivity contribution in [2.45, 2.75) is 12.8 Å². The molecule has 0 bridgehead atoms. The minimum absolute atomic E-state index is 0.927. The molecule has 0 N–H and O–H groups in total. The molecule has 21 heavy (non-hydrogen) atoms. The molecule has 0 unspecified atom stereocenters. The summed E-state index contributed by atoms with van der Waals surface area (Å²) in [5.74, 6) is 2.14. The van der Waals surface area contributed by atoms with Crippen LogP contribution in [0, 0.1) is 0 Å². The highest BCUT2D eigenvalue weighted by Crippen LogP contribution is 2.22. The van der Waals surface area contributed by atoms with E-state index in [1.54, 1.807) is 6.33 Å². The molecule has 2 aliphatic rings. The highest BCUT2D eigenvalue weighted by atomic mass is 79.9. The molecule has 1 aromatic heterocycles. The first-order valence-corrected chi connectivity index (χ1v) is 8.39. The van der Waals surface area contributed by atoms with Crippen molar-refractivity contribution in [3.05, 3.63) is 23.5 Å². The predicted octanol–water partition coefficient (Wildman–Crippen LogP) is 2.11. The first-order chi connectivity index (χ1) is 10.2. The Morgan fingerprint density at radius 2 is 1.57 bits per heavy atom. The van der Waals surface area contributed by atoms with Gasteiger partial charge in [-0.15, -0.1) is 0 Å². The van der Waals surface area contributed by atoms with Crippen molar-refractivity contribution in [3.8, 4) is 0 Å². The van der Waals surface area contributed by atoms with Crippen LogP contribution < -0.4 is 9.80 Å². The molecule has 2 aliphatic heterocycles. The van der Waals surface area contributed by atoms with Crippen molar-refractivity contribution in [2.75, 3.05) is 55.6 Å². The van der Waals surface area contributed by atoms with E-state index in [9.17, 15) is 0 Å². The monoisotopic (exact) mass is 351 g/mol. The van der Waals surface area contributed by atoms with Gasteiger partial charge in [-0.2, -0.15) is 0 Å². The average molecular weight is 352 g/mol. The minimum Gasteiger partial charge on any atom is -0.356 e. The molecule has 0 spiro atoms. The minimum atomic E-state index is 0.927. The second-order valence-corrected chi connectivity index (χ2v) is 6.83. The summed E-state index contributed by atoms with van der Waals surface area (Å²) in [6.45, 7) is 11.2. The van der Waals surface area contributed by atoms with Gasteiger partial charge < -0.3 is 9.80 Å². The van der Waals surface area contributed by atoms with Gasteiger partial charge in [-0.1, -0.05) is 22.5 Å². The molecular weight excluding hydrogens is 330 g/mol. The van der Waals surface area contributed by atoms with Crippen molar-refractivity contribution in [1.82, 2.24) is 14.9 Å². The molecule has 3 rings (SSSR count). The Morgan fingerprint density at radius 1 is 1.00 bits per heavy atom. The molecule has 0 aromatic carbocycles. The fraction of sp³-hybridized carbons (Fsp3) is 0.600.